The van der Waals surface area contributed by atoms with Crippen molar-refractivity contribution >= 4 is 23.4 Å². The average molecular weight is 359 g/mol. The van der Waals surface area contributed by atoms with Crippen LogP contribution in [0.1, 0.15) is 36.7 Å². The second-order valence-electron chi connectivity index (χ2n) is 6.01. The van der Waals surface area contributed by atoms with Crippen molar-refractivity contribution in [3.63, 3.8) is 0 Å². The highest BCUT2D eigenvalue weighted by Gasteiger charge is 2.14. The first-order valence-corrected chi connectivity index (χ1v) is 9.57. The third-order valence-electron chi connectivity index (χ3n) is 3.94. The summed E-state index contributed by atoms with van der Waals surface area (Å²) in [5.41, 5.74) is 3.02. The zero-order chi connectivity index (χ0) is 18.2. The molecule has 0 radical (unpaired) electrons. The van der Waals surface area contributed by atoms with Gasteiger partial charge in [-0.1, -0.05) is 49.4 Å². The molecule has 0 saturated carbocycles. The summed E-state index contributed by atoms with van der Waals surface area (Å²) in [6, 6.07) is 5.98. The van der Waals surface area contributed by atoms with Gasteiger partial charge in [-0.25, -0.2) is 0 Å². The molecular weight excluding hydrogens is 332 g/mol. The molecule has 1 aromatic carbocycles. The van der Waals surface area contributed by atoms with Crippen molar-refractivity contribution in [3.05, 3.63) is 47.8 Å². The summed E-state index contributed by atoms with van der Waals surface area (Å²) in [7, 11) is 0. The Labute approximate surface area is 153 Å². The number of amides is 1. The fraction of sp³-hybridized carbons (Fsp3) is 0.421. The predicted octanol–water partition coefficient (Wildman–Crippen LogP) is 4.15. The number of carbonyl (C=O) groups excluding carboxylic acids is 1. The fourth-order valence-corrected chi connectivity index (χ4v) is 3.34. The number of benzene rings is 1. The van der Waals surface area contributed by atoms with E-state index >= 15 is 0 Å². The standard InChI is InChI=1S/C19H26N4OS/c1-5-7-11-16-21-22-19(23(16)12-6-2)25-13-17(24)20-18-14(3)9-8-10-15(18)4/h6,8-10H,2,5,7,11-13H2,1,3-4H3,(H,20,24). The second kappa shape index (κ2) is 9.42. The minimum absolute atomic E-state index is 0.0364. The number of anilines is 1. The maximum absolute atomic E-state index is 12.3. The van der Waals surface area contributed by atoms with Crippen LogP contribution < -0.4 is 5.32 Å². The minimum atomic E-state index is -0.0364. The van der Waals surface area contributed by atoms with E-state index < -0.39 is 0 Å². The summed E-state index contributed by atoms with van der Waals surface area (Å²) in [6.45, 7) is 10.6. The second-order valence-corrected chi connectivity index (χ2v) is 6.95. The average Bonchev–Trinajstić information content (AvgIpc) is 2.97. The smallest absolute Gasteiger partial charge is 0.234 e. The van der Waals surface area contributed by atoms with Crippen molar-refractivity contribution in [3.8, 4) is 0 Å². The van der Waals surface area contributed by atoms with E-state index in [0.717, 1.165) is 47.1 Å². The Morgan fingerprint density at radius 2 is 2.04 bits per heavy atom. The third kappa shape index (κ3) is 5.19. The Morgan fingerprint density at radius 3 is 2.68 bits per heavy atom. The molecule has 1 amide bonds. The van der Waals surface area contributed by atoms with Gasteiger partial charge in [0.2, 0.25) is 5.91 Å². The molecule has 25 heavy (non-hydrogen) atoms. The minimum Gasteiger partial charge on any atom is -0.325 e. The summed E-state index contributed by atoms with van der Waals surface area (Å²) < 4.78 is 2.04. The number of nitrogens with one attached hydrogen (secondary N) is 1. The van der Waals surface area contributed by atoms with Crippen molar-refractivity contribution in [1.29, 1.82) is 0 Å². The van der Waals surface area contributed by atoms with Gasteiger partial charge >= 0.3 is 0 Å². The van der Waals surface area contributed by atoms with Crippen LogP contribution in [0.4, 0.5) is 5.69 Å². The van der Waals surface area contributed by atoms with Gasteiger partial charge < -0.3 is 9.88 Å². The molecule has 134 valence electrons. The van der Waals surface area contributed by atoms with Crippen molar-refractivity contribution in [2.45, 2.75) is 51.7 Å². The van der Waals surface area contributed by atoms with Gasteiger partial charge in [0, 0.05) is 18.7 Å². The first-order chi connectivity index (χ1) is 12.1. The number of hydrogen-bond acceptors (Lipinski definition) is 4. The number of hydrogen-bond donors (Lipinski definition) is 1. The van der Waals surface area contributed by atoms with E-state index in [1.165, 1.54) is 11.8 Å². The molecule has 0 aliphatic carbocycles. The Morgan fingerprint density at radius 1 is 1.32 bits per heavy atom. The summed E-state index contributed by atoms with van der Waals surface area (Å²) in [5.74, 6) is 1.22. The molecule has 2 rings (SSSR count). The summed E-state index contributed by atoms with van der Waals surface area (Å²) >= 11 is 1.41. The van der Waals surface area contributed by atoms with Gasteiger partial charge in [-0.3, -0.25) is 4.79 Å². The quantitative estimate of drug-likeness (QED) is 0.540. The van der Waals surface area contributed by atoms with Crippen LogP contribution >= 0.6 is 11.8 Å². The zero-order valence-electron chi connectivity index (χ0n) is 15.2. The number of rotatable bonds is 9. The number of aromatic nitrogens is 3. The van der Waals surface area contributed by atoms with Gasteiger partial charge in [0.25, 0.3) is 0 Å². The van der Waals surface area contributed by atoms with Crippen LogP contribution in [0.25, 0.3) is 0 Å². The van der Waals surface area contributed by atoms with Crippen LogP contribution in [0.2, 0.25) is 0 Å². The third-order valence-corrected chi connectivity index (χ3v) is 4.90. The lowest BCUT2D eigenvalue weighted by atomic mass is 10.1. The lowest BCUT2D eigenvalue weighted by Crippen LogP contribution is -2.16. The molecule has 0 aliphatic heterocycles. The van der Waals surface area contributed by atoms with Crippen molar-refractivity contribution in [2.75, 3.05) is 11.1 Å². The largest absolute Gasteiger partial charge is 0.325 e. The van der Waals surface area contributed by atoms with Gasteiger partial charge in [-0.15, -0.1) is 16.8 Å². The first-order valence-electron chi connectivity index (χ1n) is 8.58. The van der Waals surface area contributed by atoms with Gasteiger partial charge in [-0.2, -0.15) is 0 Å². The molecule has 0 atom stereocenters. The van der Waals surface area contributed by atoms with Crippen LogP contribution in [0.15, 0.2) is 36.0 Å². The highest BCUT2D eigenvalue weighted by molar-refractivity contribution is 7.99. The summed E-state index contributed by atoms with van der Waals surface area (Å²) in [5, 5.41) is 12.3. The molecule has 1 heterocycles. The van der Waals surface area contributed by atoms with E-state index in [-0.39, 0.29) is 5.91 Å². The molecule has 6 heteroatoms. The number of thioether (sulfide) groups is 1. The predicted molar refractivity (Wildman–Crippen MR) is 104 cm³/mol. The molecule has 1 aromatic heterocycles. The topological polar surface area (TPSA) is 59.8 Å². The molecule has 0 unspecified atom stereocenters. The number of allylic oxidation sites excluding steroid dienone is 1. The lowest BCUT2D eigenvalue weighted by Gasteiger charge is -2.11. The van der Waals surface area contributed by atoms with Gasteiger partial charge in [0.1, 0.15) is 5.82 Å². The molecule has 1 N–H and O–H groups in total. The maximum atomic E-state index is 12.3. The monoisotopic (exact) mass is 358 g/mol. The number of nitrogens with zero attached hydrogens (tertiary/aromatic N) is 3. The number of aryl methyl sites for hydroxylation is 3. The van der Waals surface area contributed by atoms with Crippen LogP contribution in [0.5, 0.6) is 0 Å². The van der Waals surface area contributed by atoms with Crippen LogP contribution in [0, 0.1) is 13.8 Å². The lowest BCUT2D eigenvalue weighted by molar-refractivity contribution is -0.113. The van der Waals surface area contributed by atoms with Gasteiger partial charge in [0.15, 0.2) is 5.16 Å². The van der Waals surface area contributed by atoms with E-state index in [4.69, 9.17) is 0 Å². The SMILES string of the molecule is C=CCn1c(CCCC)nnc1SCC(=O)Nc1c(C)cccc1C. The molecule has 5 nitrogen and oxygen atoms in total. The van der Waals surface area contributed by atoms with Crippen molar-refractivity contribution in [2.24, 2.45) is 0 Å². The van der Waals surface area contributed by atoms with E-state index in [9.17, 15) is 4.79 Å². The van der Waals surface area contributed by atoms with E-state index in [1.807, 2.05) is 42.7 Å². The molecule has 0 saturated heterocycles. The van der Waals surface area contributed by atoms with Crippen LogP contribution in [0.3, 0.4) is 0 Å². The van der Waals surface area contributed by atoms with Crippen LogP contribution in [-0.2, 0) is 17.8 Å². The molecule has 2 aromatic rings. The van der Waals surface area contributed by atoms with Crippen LogP contribution in [-0.4, -0.2) is 26.4 Å². The Bertz CT molecular complexity index is 719. The summed E-state index contributed by atoms with van der Waals surface area (Å²) in [6.07, 6.45) is 4.92. The van der Waals surface area contributed by atoms with Crippen molar-refractivity contribution in [1.82, 2.24) is 14.8 Å². The van der Waals surface area contributed by atoms with Gasteiger partial charge in [-0.05, 0) is 31.4 Å². The Balaban J connectivity index is 2.01. The van der Waals surface area contributed by atoms with Crippen molar-refractivity contribution < 1.29 is 4.79 Å². The highest BCUT2D eigenvalue weighted by atomic mass is 32.2. The van der Waals surface area contributed by atoms with Gasteiger partial charge in [0.05, 0.1) is 5.75 Å². The molecule has 0 spiro atoms. The molecule has 0 fully saturated rings. The highest BCUT2D eigenvalue weighted by Crippen LogP contribution is 2.22. The van der Waals surface area contributed by atoms with E-state index in [1.54, 1.807) is 0 Å². The molecular formula is C19H26N4OS. The normalized spacial score (nSPS) is 10.7. The van der Waals surface area contributed by atoms with E-state index in [2.05, 4.69) is 29.0 Å². The fourth-order valence-electron chi connectivity index (χ4n) is 2.58. The maximum Gasteiger partial charge on any atom is 0.234 e. The Kier molecular flexibility index (Phi) is 7.25. The summed E-state index contributed by atoms with van der Waals surface area (Å²) in [4.78, 5) is 12.3. The molecule has 0 bridgehead atoms. The zero-order valence-corrected chi connectivity index (χ0v) is 16.0. The number of unbranched alkanes of at least 4 members (excludes halogenated alkanes) is 1. The number of carbonyl (C=O) groups is 1. The van der Waals surface area contributed by atoms with E-state index in [0.29, 0.717) is 12.3 Å². The molecule has 0 aliphatic rings. The Hall–Kier alpha value is -2.08. The number of para-hydroxylation sites is 1. The first kappa shape index (κ1) is 19.2.